The van der Waals surface area contributed by atoms with Gasteiger partial charge in [0.2, 0.25) is 15.9 Å². The van der Waals surface area contributed by atoms with Crippen LogP contribution in [-0.4, -0.2) is 80.9 Å². The molecular formula is C20H26ClN3O7S. The minimum Gasteiger partial charge on any atom is -0.455 e. The summed E-state index contributed by atoms with van der Waals surface area (Å²) in [5.74, 6) is -2.06. The third-order valence-electron chi connectivity index (χ3n) is 5.28. The van der Waals surface area contributed by atoms with E-state index in [9.17, 15) is 22.8 Å². The number of halogens is 1. The van der Waals surface area contributed by atoms with E-state index in [1.54, 1.807) is 4.90 Å². The second-order valence-corrected chi connectivity index (χ2v) is 10.2. The average molecular weight is 488 g/mol. The number of nitrogens with one attached hydrogen (secondary N) is 1. The van der Waals surface area contributed by atoms with Gasteiger partial charge in [0.05, 0.1) is 34.7 Å². The number of ether oxygens (including phenoxy) is 2. The number of likely N-dealkylation sites (tertiary alicyclic amines) is 1. The van der Waals surface area contributed by atoms with Gasteiger partial charge in [0.15, 0.2) is 6.61 Å². The van der Waals surface area contributed by atoms with Crippen LogP contribution in [0.3, 0.4) is 0 Å². The molecule has 2 heterocycles. The molecule has 1 N–H and O–H groups in total. The number of hydrogen-bond donors (Lipinski definition) is 1. The number of carbonyl (C=O) groups is 3. The van der Waals surface area contributed by atoms with Crippen LogP contribution in [0.2, 0.25) is 5.02 Å². The van der Waals surface area contributed by atoms with Gasteiger partial charge >= 0.3 is 5.97 Å². The predicted octanol–water partition coefficient (Wildman–Crippen LogP) is 1.10. The molecule has 3 rings (SSSR count). The van der Waals surface area contributed by atoms with Crippen molar-refractivity contribution >= 4 is 45.1 Å². The van der Waals surface area contributed by atoms with Crippen LogP contribution >= 0.6 is 11.6 Å². The van der Waals surface area contributed by atoms with Gasteiger partial charge in [-0.1, -0.05) is 11.6 Å². The van der Waals surface area contributed by atoms with Crippen molar-refractivity contribution in [3.8, 4) is 0 Å². The molecule has 2 aliphatic rings. The Morgan fingerprint density at radius 3 is 2.59 bits per heavy atom. The Bertz CT molecular complexity index is 993. The molecule has 10 nitrogen and oxygen atoms in total. The van der Waals surface area contributed by atoms with Crippen molar-refractivity contribution in [3.63, 3.8) is 0 Å². The summed E-state index contributed by atoms with van der Waals surface area (Å²) in [7, 11) is -3.77. The zero-order chi connectivity index (χ0) is 23.5. The molecule has 2 saturated heterocycles. The summed E-state index contributed by atoms with van der Waals surface area (Å²) >= 11 is 6.11. The predicted molar refractivity (Wildman–Crippen MR) is 116 cm³/mol. The van der Waals surface area contributed by atoms with E-state index in [0.29, 0.717) is 13.2 Å². The maximum Gasteiger partial charge on any atom is 0.311 e. The number of esters is 1. The Hall–Kier alpha value is -2.21. The summed E-state index contributed by atoms with van der Waals surface area (Å²) in [6.07, 6.45) is 0.0475. The van der Waals surface area contributed by atoms with Crippen LogP contribution in [0, 0.1) is 5.92 Å². The van der Waals surface area contributed by atoms with Crippen molar-refractivity contribution in [1.82, 2.24) is 9.21 Å². The van der Waals surface area contributed by atoms with E-state index in [2.05, 4.69) is 5.32 Å². The molecule has 1 unspecified atom stereocenters. The van der Waals surface area contributed by atoms with Crippen LogP contribution in [0.1, 0.15) is 20.3 Å². The standard InChI is InChI=1S/C20H26ClN3O7S/c1-13(2)24-11-14(9-19(24)26)20(27)31-12-18(25)22-17-10-15(3-4-16(17)21)32(28,29)23-5-7-30-8-6-23/h3-4,10,13-14H,5-9,11-12H2,1-2H3,(H,22,25). The highest BCUT2D eigenvalue weighted by Gasteiger charge is 2.36. The van der Waals surface area contributed by atoms with Crippen molar-refractivity contribution in [2.24, 2.45) is 5.92 Å². The summed E-state index contributed by atoms with van der Waals surface area (Å²) < 4.78 is 37.2. The SMILES string of the molecule is CC(C)N1CC(C(=O)OCC(=O)Nc2cc(S(=O)(=O)N3CCOCC3)ccc2Cl)CC1=O. The van der Waals surface area contributed by atoms with Crippen molar-refractivity contribution in [1.29, 1.82) is 0 Å². The molecule has 12 heteroatoms. The van der Waals surface area contributed by atoms with Gasteiger partial charge in [-0.25, -0.2) is 8.42 Å². The minimum atomic E-state index is -3.77. The highest BCUT2D eigenvalue weighted by molar-refractivity contribution is 7.89. The molecule has 0 spiro atoms. The molecule has 1 atom stereocenters. The lowest BCUT2D eigenvalue weighted by molar-refractivity contribution is -0.151. The average Bonchev–Trinajstić information content (AvgIpc) is 3.16. The molecule has 176 valence electrons. The van der Waals surface area contributed by atoms with E-state index >= 15 is 0 Å². The second-order valence-electron chi connectivity index (χ2n) is 7.85. The number of morpholine rings is 1. The first-order valence-electron chi connectivity index (χ1n) is 10.2. The van der Waals surface area contributed by atoms with Gasteiger partial charge in [-0.2, -0.15) is 4.31 Å². The Morgan fingerprint density at radius 2 is 1.97 bits per heavy atom. The van der Waals surface area contributed by atoms with Crippen LogP contribution < -0.4 is 5.32 Å². The van der Waals surface area contributed by atoms with Gasteiger partial charge in [-0.15, -0.1) is 0 Å². The molecule has 32 heavy (non-hydrogen) atoms. The number of hydrogen-bond acceptors (Lipinski definition) is 7. The molecule has 1 aromatic carbocycles. The van der Waals surface area contributed by atoms with Gasteiger partial charge in [0.1, 0.15) is 0 Å². The largest absolute Gasteiger partial charge is 0.455 e. The van der Waals surface area contributed by atoms with Gasteiger partial charge in [-0.05, 0) is 32.0 Å². The fourth-order valence-electron chi connectivity index (χ4n) is 3.53. The third kappa shape index (κ3) is 5.58. The molecule has 0 radical (unpaired) electrons. The summed E-state index contributed by atoms with van der Waals surface area (Å²) in [4.78, 5) is 38.0. The van der Waals surface area contributed by atoms with Crippen LogP contribution in [0.4, 0.5) is 5.69 Å². The van der Waals surface area contributed by atoms with Gasteiger partial charge in [-0.3, -0.25) is 14.4 Å². The monoisotopic (exact) mass is 487 g/mol. The first-order chi connectivity index (χ1) is 15.1. The lowest BCUT2D eigenvalue weighted by Crippen LogP contribution is -2.40. The van der Waals surface area contributed by atoms with Gasteiger partial charge in [0, 0.05) is 32.1 Å². The molecule has 2 fully saturated rings. The van der Waals surface area contributed by atoms with E-state index in [1.165, 1.54) is 22.5 Å². The summed E-state index contributed by atoms with van der Waals surface area (Å²) in [5, 5.41) is 2.61. The van der Waals surface area contributed by atoms with Gasteiger partial charge < -0.3 is 19.7 Å². The molecule has 2 aliphatic heterocycles. The summed E-state index contributed by atoms with van der Waals surface area (Å²) in [5.41, 5.74) is 0.0871. The number of amides is 2. The van der Waals surface area contributed by atoms with Crippen molar-refractivity contribution < 1.29 is 32.3 Å². The molecule has 0 aromatic heterocycles. The molecule has 0 saturated carbocycles. The van der Waals surface area contributed by atoms with Crippen LogP contribution in [0.25, 0.3) is 0 Å². The number of sulfonamides is 1. The highest BCUT2D eigenvalue weighted by Crippen LogP contribution is 2.27. The second kappa shape index (κ2) is 10.2. The molecule has 1 aromatic rings. The van der Waals surface area contributed by atoms with Crippen molar-refractivity contribution in [2.75, 3.05) is 44.8 Å². The number of carbonyl (C=O) groups excluding carboxylic acids is 3. The Morgan fingerprint density at radius 1 is 1.28 bits per heavy atom. The Labute approximate surface area is 191 Å². The van der Waals surface area contributed by atoms with Crippen molar-refractivity contribution in [2.45, 2.75) is 31.2 Å². The van der Waals surface area contributed by atoms with E-state index in [4.69, 9.17) is 21.1 Å². The van der Waals surface area contributed by atoms with Crippen molar-refractivity contribution in [3.05, 3.63) is 23.2 Å². The smallest absolute Gasteiger partial charge is 0.311 e. The highest BCUT2D eigenvalue weighted by atomic mass is 35.5. The molecule has 0 aliphatic carbocycles. The number of benzene rings is 1. The fourth-order valence-corrected chi connectivity index (χ4v) is 5.13. The normalized spacial score (nSPS) is 19.9. The van der Waals surface area contributed by atoms with Gasteiger partial charge in [0.25, 0.3) is 5.91 Å². The lowest BCUT2D eigenvalue weighted by Gasteiger charge is -2.26. The number of anilines is 1. The van der Waals surface area contributed by atoms with Crippen LogP contribution in [-0.2, 0) is 33.9 Å². The quantitative estimate of drug-likeness (QED) is 0.571. The van der Waals surface area contributed by atoms with Crippen LogP contribution in [0.5, 0.6) is 0 Å². The molecule has 0 bridgehead atoms. The van der Waals surface area contributed by atoms with E-state index in [-0.39, 0.29) is 53.6 Å². The zero-order valence-corrected chi connectivity index (χ0v) is 19.4. The molecular weight excluding hydrogens is 462 g/mol. The van der Waals surface area contributed by atoms with E-state index in [1.807, 2.05) is 13.8 Å². The first kappa shape index (κ1) is 24.4. The zero-order valence-electron chi connectivity index (χ0n) is 17.9. The minimum absolute atomic E-state index is 0.0191. The topological polar surface area (TPSA) is 122 Å². The van der Waals surface area contributed by atoms with E-state index in [0.717, 1.165) is 0 Å². The summed E-state index contributed by atoms with van der Waals surface area (Å²) in [6.45, 7) is 4.48. The Balaban J connectivity index is 1.60. The molecule has 2 amide bonds. The van der Waals surface area contributed by atoms with E-state index < -0.39 is 34.4 Å². The maximum atomic E-state index is 12.8. The maximum absolute atomic E-state index is 12.8. The first-order valence-corrected chi connectivity index (χ1v) is 12.0. The third-order valence-corrected chi connectivity index (χ3v) is 7.50. The summed E-state index contributed by atoms with van der Waals surface area (Å²) in [6, 6.07) is 3.98. The number of rotatable bonds is 7. The fraction of sp³-hybridized carbons (Fsp3) is 0.550. The van der Waals surface area contributed by atoms with Crippen LogP contribution in [0.15, 0.2) is 23.1 Å². The Kier molecular flexibility index (Phi) is 7.75. The lowest BCUT2D eigenvalue weighted by atomic mass is 10.1. The number of nitrogens with zero attached hydrogens (tertiary/aromatic N) is 2.